The van der Waals surface area contributed by atoms with Crippen LogP contribution in [0.2, 0.25) is 0 Å². The molecule has 3 aliphatic carbocycles. The van der Waals surface area contributed by atoms with Crippen LogP contribution in [0.15, 0.2) is 42.5 Å². The van der Waals surface area contributed by atoms with Gasteiger partial charge in [0.05, 0.1) is 7.11 Å². The molecule has 5 rings (SSSR count). The number of hydrogen-bond donors (Lipinski definition) is 0. The van der Waals surface area contributed by atoms with Gasteiger partial charge in [-0.25, -0.2) is 0 Å². The van der Waals surface area contributed by atoms with Crippen LogP contribution in [-0.4, -0.2) is 25.0 Å². The van der Waals surface area contributed by atoms with E-state index in [9.17, 15) is 9.59 Å². The first-order valence-electron chi connectivity index (χ1n) is 15.5. The number of carbonyl (C=O) groups excluding carboxylic acids is 2. The normalized spacial score (nSPS) is 30.4. The molecule has 2 aromatic carbocycles. The second-order valence-corrected chi connectivity index (χ2v) is 14.0. The molecule has 0 aliphatic heterocycles. The van der Waals surface area contributed by atoms with Crippen molar-refractivity contribution in [3.8, 4) is 5.75 Å². The lowest BCUT2D eigenvalue weighted by Crippen LogP contribution is -2.52. The van der Waals surface area contributed by atoms with Gasteiger partial charge in [-0.2, -0.15) is 0 Å². The molecule has 4 heteroatoms. The molecule has 6 atom stereocenters. The van der Waals surface area contributed by atoms with Gasteiger partial charge in [0, 0.05) is 12.3 Å². The summed E-state index contributed by atoms with van der Waals surface area (Å²) < 4.78 is 12.4. The summed E-state index contributed by atoms with van der Waals surface area (Å²) >= 11 is 0. The Kier molecular flexibility index (Phi) is 7.94. The third kappa shape index (κ3) is 4.90. The molecule has 0 bridgehead atoms. The number of methoxy groups -OCH3 is 1. The van der Waals surface area contributed by atoms with Crippen molar-refractivity contribution >= 4 is 11.8 Å². The van der Waals surface area contributed by atoms with E-state index in [2.05, 4.69) is 77.9 Å². The molecule has 0 amide bonds. The summed E-state index contributed by atoms with van der Waals surface area (Å²) in [5.74, 6) is 1.10. The summed E-state index contributed by atoms with van der Waals surface area (Å²) in [6.45, 7) is 13.5. The minimum atomic E-state index is -0.694. The average Bonchev–Trinajstić information content (AvgIpc) is 2.93. The zero-order valence-corrected chi connectivity index (χ0v) is 25.6. The van der Waals surface area contributed by atoms with Crippen LogP contribution in [0.3, 0.4) is 0 Å². The quantitative estimate of drug-likeness (QED) is 0.274. The highest BCUT2D eigenvalue weighted by Crippen LogP contribution is 2.54. The molecule has 40 heavy (non-hydrogen) atoms. The first kappa shape index (κ1) is 28.9. The van der Waals surface area contributed by atoms with E-state index in [1.165, 1.54) is 22.3 Å². The lowest BCUT2D eigenvalue weighted by molar-refractivity contribution is -0.169. The monoisotopic (exact) mass is 544 g/mol. The topological polar surface area (TPSA) is 52.6 Å². The summed E-state index contributed by atoms with van der Waals surface area (Å²) in [5, 5.41) is 0. The molecule has 0 spiro atoms. The lowest BCUT2D eigenvalue weighted by atomic mass is 9.54. The highest BCUT2D eigenvalue weighted by molar-refractivity contribution is 6.00. The molecule has 0 saturated heterocycles. The summed E-state index contributed by atoms with van der Waals surface area (Å²) in [6.07, 6.45) is 5.63. The third-order valence-corrected chi connectivity index (χ3v) is 10.9. The molecule has 0 N–H and O–H groups in total. The lowest BCUT2D eigenvalue weighted by Gasteiger charge is -2.50. The van der Waals surface area contributed by atoms with E-state index in [1.807, 2.05) is 6.07 Å². The van der Waals surface area contributed by atoms with E-state index in [4.69, 9.17) is 9.47 Å². The Morgan fingerprint density at radius 1 is 1.02 bits per heavy atom. The Balaban J connectivity index is 1.44. The van der Waals surface area contributed by atoms with Crippen molar-refractivity contribution in [2.75, 3.05) is 7.11 Å². The molecule has 4 nitrogen and oxygen atoms in total. The highest BCUT2D eigenvalue weighted by Gasteiger charge is 2.54. The maximum atomic E-state index is 14.1. The fourth-order valence-corrected chi connectivity index (χ4v) is 8.44. The molecule has 0 unspecified atom stereocenters. The van der Waals surface area contributed by atoms with Crippen LogP contribution < -0.4 is 4.74 Å². The zero-order chi connectivity index (χ0) is 28.8. The molecule has 2 saturated carbocycles. The smallest absolute Gasteiger partial charge is 0.317 e. The van der Waals surface area contributed by atoms with E-state index in [-0.39, 0.29) is 40.5 Å². The fraction of sp³-hybridized carbons (Fsp3) is 0.611. The first-order valence-corrected chi connectivity index (χ1v) is 15.5. The van der Waals surface area contributed by atoms with E-state index in [1.54, 1.807) is 7.11 Å². The van der Waals surface area contributed by atoms with Crippen molar-refractivity contribution < 1.29 is 19.1 Å². The predicted octanol–water partition coefficient (Wildman–Crippen LogP) is 7.94. The Hall–Kier alpha value is -2.62. The second-order valence-electron chi connectivity index (χ2n) is 14.0. The summed E-state index contributed by atoms with van der Waals surface area (Å²) in [4.78, 5) is 27.6. The van der Waals surface area contributed by atoms with Gasteiger partial charge in [-0.15, -0.1) is 0 Å². The van der Waals surface area contributed by atoms with Crippen LogP contribution in [0, 0.1) is 23.7 Å². The van der Waals surface area contributed by atoms with E-state index >= 15 is 0 Å². The molecule has 0 heterocycles. The van der Waals surface area contributed by atoms with Crippen LogP contribution in [0.5, 0.6) is 5.75 Å². The number of benzene rings is 2. The molecule has 0 aromatic heterocycles. The fourth-order valence-electron chi connectivity index (χ4n) is 8.44. The van der Waals surface area contributed by atoms with Crippen molar-refractivity contribution in [1.29, 1.82) is 0 Å². The Morgan fingerprint density at radius 2 is 1.75 bits per heavy atom. The maximum Gasteiger partial charge on any atom is 0.317 e. The standard InChI is InChI=1S/C36H48O4/c1-22(2)25-14-17-27-26(33(25)39-7)15-18-29-32(30(37)19-20-36(27,29)6)34(38)40-31-21-23(3)13-16-28(31)35(4,5)24-11-9-8-10-12-24/h8-12,14,17,22-23,28-29,31-32H,13,15-16,18-21H2,1-7H3/t23-,28-,29-,31-,32-,36+/m0/s1. The van der Waals surface area contributed by atoms with Crippen LogP contribution in [0.25, 0.3) is 0 Å². The van der Waals surface area contributed by atoms with E-state index in [0.29, 0.717) is 18.3 Å². The predicted molar refractivity (Wildman–Crippen MR) is 160 cm³/mol. The number of ether oxygens (including phenoxy) is 2. The second kappa shape index (κ2) is 11.0. The van der Waals surface area contributed by atoms with Gasteiger partial charge < -0.3 is 9.47 Å². The van der Waals surface area contributed by atoms with E-state index < -0.39 is 5.92 Å². The minimum Gasteiger partial charge on any atom is -0.496 e. The number of rotatable bonds is 6. The Labute approximate surface area is 241 Å². The van der Waals surface area contributed by atoms with Crippen molar-refractivity contribution in [2.45, 2.75) is 109 Å². The number of esters is 1. The minimum absolute atomic E-state index is 0.0510. The van der Waals surface area contributed by atoms with Gasteiger partial charge in [0.2, 0.25) is 0 Å². The van der Waals surface area contributed by atoms with E-state index in [0.717, 1.165) is 44.3 Å². The molecular formula is C36H48O4. The maximum absolute atomic E-state index is 14.1. The van der Waals surface area contributed by atoms with Crippen molar-refractivity contribution in [3.05, 3.63) is 64.7 Å². The average molecular weight is 545 g/mol. The summed E-state index contributed by atoms with van der Waals surface area (Å²) in [5.41, 5.74) is 4.63. The summed E-state index contributed by atoms with van der Waals surface area (Å²) in [6, 6.07) is 15.0. The number of fused-ring (bicyclic) bond motifs is 3. The van der Waals surface area contributed by atoms with Gasteiger partial charge in [0.15, 0.2) is 0 Å². The largest absolute Gasteiger partial charge is 0.496 e. The van der Waals surface area contributed by atoms with Crippen LogP contribution in [0.4, 0.5) is 0 Å². The molecule has 0 radical (unpaired) electrons. The van der Waals surface area contributed by atoms with Crippen molar-refractivity contribution in [1.82, 2.24) is 0 Å². The van der Waals surface area contributed by atoms with Gasteiger partial charge in [-0.05, 0) is 82.9 Å². The van der Waals surface area contributed by atoms with Gasteiger partial charge in [0.1, 0.15) is 23.6 Å². The molecule has 2 aromatic rings. The Bertz CT molecular complexity index is 1240. The van der Waals surface area contributed by atoms with Crippen molar-refractivity contribution in [2.24, 2.45) is 23.7 Å². The molecule has 2 fully saturated rings. The number of carbonyl (C=O) groups is 2. The Morgan fingerprint density at radius 3 is 2.42 bits per heavy atom. The SMILES string of the molecule is COc1c(C(C)C)ccc2c1CC[C@H]1[C@H](C(=O)O[C@H]3C[C@@H](C)CC[C@@H]3C(C)(C)c3ccccc3)C(=O)CC[C@]21C. The number of hydrogen-bond acceptors (Lipinski definition) is 4. The van der Waals surface area contributed by atoms with Gasteiger partial charge >= 0.3 is 5.97 Å². The zero-order valence-electron chi connectivity index (χ0n) is 25.6. The van der Waals surface area contributed by atoms with Crippen molar-refractivity contribution in [3.63, 3.8) is 0 Å². The third-order valence-electron chi connectivity index (χ3n) is 10.9. The van der Waals surface area contributed by atoms with Gasteiger partial charge in [-0.3, -0.25) is 9.59 Å². The highest BCUT2D eigenvalue weighted by atomic mass is 16.5. The van der Waals surface area contributed by atoms with Gasteiger partial charge in [0.25, 0.3) is 0 Å². The van der Waals surface area contributed by atoms with Crippen LogP contribution >= 0.6 is 0 Å². The molecule has 216 valence electrons. The van der Waals surface area contributed by atoms with Crippen LogP contribution in [0.1, 0.15) is 108 Å². The van der Waals surface area contributed by atoms with Gasteiger partial charge in [-0.1, -0.05) is 90.4 Å². The number of ketones is 1. The summed E-state index contributed by atoms with van der Waals surface area (Å²) in [7, 11) is 1.76. The number of Topliss-reactive ketones (excluding diaryl/α,β-unsaturated/α-hetero) is 1. The molecule has 3 aliphatic rings. The molecular weight excluding hydrogens is 496 g/mol. The van der Waals surface area contributed by atoms with Crippen LogP contribution in [-0.2, 0) is 31.6 Å². The first-order chi connectivity index (χ1) is 19.0.